The van der Waals surface area contributed by atoms with Gasteiger partial charge in [-0.25, -0.2) is 0 Å². The zero-order chi connectivity index (χ0) is 12.4. The number of hydrogen-bond acceptors (Lipinski definition) is 0. The van der Waals surface area contributed by atoms with Gasteiger partial charge in [-0.15, -0.1) is 0 Å². The molecule has 0 aromatic rings. The van der Waals surface area contributed by atoms with E-state index in [0.717, 1.165) is 5.92 Å². The van der Waals surface area contributed by atoms with Crippen molar-refractivity contribution in [2.24, 2.45) is 5.92 Å². The third kappa shape index (κ3) is 90.8. The minimum atomic E-state index is 0.903. The van der Waals surface area contributed by atoms with Crippen molar-refractivity contribution >= 4 is 0 Å². The first-order valence-electron chi connectivity index (χ1n) is 6.68. The zero-order valence-electron chi connectivity index (χ0n) is 12.4. The van der Waals surface area contributed by atoms with Crippen LogP contribution in [0.3, 0.4) is 0 Å². The summed E-state index contributed by atoms with van der Waals surface area (Å²) >= 11 is 0. The van der Waals surface area contributed by atoms with Gasteiger partial charge < -0.3 is 0 Å². The average Bonchev–Trinajstić information content (AvgIpc) is 2.22. The van der Waals surface area contributed by atoms with Gasteiger partial charge in [-0.05, 0) is 5.92 Å². The lowest BCUT2D eigenvalue weighted by Gasteiger charge is -1.98. The molecule has 92 valence electrons. The first kappa shape index (κ1) is 23.7. The van der Waals surface area contributed by atoms with Crippen molar-refractivity contribution in [1.82, 2.24) is 0 Å². The third-order valence-electron chi connectivity index (χ3n) is 1.14. The maximum Gasteiger partial charge on any atom is -0.0471 e. The highest BCUT2D eigenvalue weighted by Crippen LogP contribution is 2.04. The first-order valence-corrected chi connectivity index (χ1v) is 6.68. The van der Waals surface area contributed by atoms with Crippen molar-refractivity contribution in [2.75, 3.05) is 0 Å². The smallest absolute Gasteiger partial charge is 0.0471 e. The van der Waals surface area contributed by atoms with Crippen molar-refractivity contribution in [1.29, 1.82) is 0 Å². The van der Waals surface area contributed by atoms with Gasteiger partial charge in [0.05, 0.1) is 0 Å². The largest absolute Gasteiger partial charge is 0.0683 e. The summed E-state index contributed by atoms with van der Waals surface area (Å²) < 4.78 is 0. The Bertz CT molecular complexity index is 37.3. The predicted octanol–water partition coefficient (Wildman–Crippen LogP) is 6.30. The van der Waals surface area contributed by atoms with Crippen LogP contribution in [0.4, 0.5) is 0 Å². The Morgan fingerprint density at radius 1 is 0.786 bits per heavy atom. The maximum atomic E-state index is 2.27. The van der Waals surface area contributed by atoms with E-state index in [1.54, 1.807) is 0 Å². The Kier molecular flexibility index (Phi) is 64.6. The lowest BCUT2D eigenvalue weighted by atomic mass is 10.1. The predicted molar refractivity (Wildman–Crippen MR) is 73.0 cm³/mol. The van der Waals surface area contributed by atoms with E-state index in [1.807, 2.05) is 27.7 Å². The Morgan fingerprint density at radius 2 is 1.07 bits per heavy atom. The molecule has 0 aliphatic heterocycles. The summed E-state index contributed by atoms with van der Waals surface area (Å²) in [6.45, 7) is 19.0. The van der Waals surface area contributed by atoms with Gasteiger partial charge in [-0.2, -0.15) is 0 Å². The topological polar surface area (TPSA) is 0 Å². The minimum absolute atomic E-state index is 0.903. The highest BCUT2D eigenvalue weighted by atomic mass is 13.9. The van der Waals surface area contributed by atoms with Crippen LogP contribution in [0.15, 0.2) is 0 Å². The molecule has 0 nitrogen and oxygen atoms in total. The van der Waals surface area contributed by atoms with E-state index in [9.17, 15) is 0 Å². The Morgan fingerprint density at radius 3 is 1.14 bits per heavy atom. The molecule has 14 heavy (non-hydrogen) atoms. The molecule has 0 amide bonds. The van der Waals surface area contributed by atoms with Gasteiger partial charge in [0.1, 0.15) is 0 Å². The van der Waals surface area contributed by atoms with Crippen LogP contribution >= 0.6 is 0 Å². The van der Waals surface area contributed by atoms with Crippen molar-refractivity contribution in [3.05, 3.63) is 0 Å². The van der Waals surface area contributed by atoms with Crippen LogP contribution in [0.5, 0.6) is 0 Å². The van der Waals surface area contributed by atoms with Crippen molar-refractivity contribution in [3.8, 4) is 0 Å². The van der Waals surface area contributed by atoms with Gasteiger partial charge in [0, 0.05) is 0 Å². The molecule has 0 N–H and O–H groups in total. The quantitative estimate of drug-likeness (QED) is 0.506. The fraction of sp³-hybridized carbons (Fsp3) is 1.00. The second-order valence-corrected chi connectivity index (χ2v) is 3.24. The molecule has 0 aromatic carbocycles. The summed E-state index contributed by atoms with van der Waals surface area (Å²) in [4.78, 5) is 0. The monoisotopic (exact) mass is 204 g/mol. The summed E-state index contributed by atoms with van der Waals surface area (Å²) in [5.74, 6) is 0.903. The molecule has 0 radical (unpaired) electrons. The van der Waals surface area contributed by atoms with Crippen LogP contribution in [-0.4, -0.2) is 0 Å². The van der Waals surface area contributed by atoms with Crippen LogP contribution in [0, 0.1) is 5.92 Å². The fourth-order valence-corrected chi connectivity index (χ4v) is 0.612. The molecule has 0 heteroatoms. The second-order valence-electron chi connectivity index (χ2n) is 3.24. The molecule has 0 bridgehead atoms. The van der Waals surface area contributed by atoms with Gasteiger partial charge >= 0.3 is 0 Å². The highest BCUT2D eigenvalue weighted by Gasteiger charge is 1.88. The van der Waals surface area contributed by atoms with E-state index in [2.05, 4.69) is 34.6 Å². The SMILES string of the molecule is CC.CC.CCC.CCCCC(C)C. The van der Waals surface area contributed by atoms with E-state index in [1.165, 1.54) is 25.7 Å². The van der Waals surface area contributed by atoms with E-state index >= 15 is 0 Å². The first-order chi connectivity index (χ1) is 6.68. The van der Waals surface area contributed by atoms with Gasteiger partial charge in [0.2, 0.25) is 0 Å². The molecule has 0 aromatic heterocycles. The normalized spacial score (nSPS) is 7.29. The molecule has 0 aliphatic rings. The molecular weight excluding hydrogens is 168 g/mol. The van der Waals surface area contributed by atoms with Crippen LogP contribution < -0.4 is 0 Å². The molecule has 0 unspecified atom stereocenters. The number of rotatable bonds is 3. The average molecular weight is 204 g/mol. The molecule has 0 aliphatic carbocycles. The van der Waals surface area contributed by atoms with Gasteiger partial charge in [-0.1, -0.05) is 88.0 Å². The minimum Gasteiger partial charge on any atom is -0.0683 e. The van der Waals surface area contributed by atoms with E-state index in [4.69, 9.17) is 0 Å². The molecule has 0 spiro atoms. The van der Waals surface area contributed by atoms with Crippen LogP contribution in [0.25, 0.3) is 0 Å². The molecule has 0 atom stereocenters. The summed E-state index contributed by atoms with van der Waals surface area (Å²) in [7, 11) is 0. The number of hydrogen-bond donors (Lipinski definition) is 0. The second kappa shape index (κ2) is 38.2. The molecular formula is C14H36. The lowest BCUT2D eigenvalue weighted by Crippen LogP contribution is -1.83. The standard InChI is InChI=1S/C7H16.C3H8.2C2H6/c1-4-5-6-7(2)3;1-3-2;2*1-2/h7H,4-6H2,1-3H3;3H2,1-2H3;2*1-2H3. The summed E-state index contributed by atoms with van der Waals surface area (Å²) in [6.07, 6.45) is 5.40. The van der Waals surface area contributed by atoms with Crippen LogP contribution in [0.1, 0.15) is 88.0 Å². The van der Waals surface area contributed by atoms with Gasteiger partial charge in [0.15, 0.2) is 0 Å². The molecule has 0 fully saturated rings. The Labute approximate surface area is 94.5 Å². The van der Waals surface area contributed by atoms with Crippen molar-refractivity contribution in [3.63, 3.8) is 0 Å². The molecule has 0 saturated heterocycles. The van der Waals surface area contributed by atoms with Crippen LogP contribution in [-0.2, 0) is 0 Å². The van der Waals surface area contributed by atoms with E-state index in [-0.39, 0.29) is 0 Å². The van der Waals surface area contributed by atoms with Crippen molar-refractivity contribution < 1.29 is 0 Å². The zero-order valence-corrected chi connectivity index (χ0v) is 12.4. The lowest BCUT2D eigenvalue weighted by molar-refractivity contribution is 0.550. The molecule has 0 rings (SSSR count). The van der Waals surface area contributed by atoms with Crippen LogP contribution in [0.2, 0.25) is 0 Å². The summed E-state index contributed by atoms with van der Waals surface area (Å²) in [5.41, 5.74) is 0. The van der Waals surface area contributed by atoms with Gasteiger partial charge in [-0.3, -0.25) is 0 Å². The maximum absolute atomic E-state index is 2.27. The summed E-state index contributed by atoms with van der Waals surface area (Å²) in [6, 6.07) is 0. The molecule has 0 saturated carbocycles. The third-order valence-corrected chi connectivity index (χ3v) is 1.14. The Balaban J connectivity index is -0.0000000603. The molecule has 0 heterocycles. The van der Waals surface area contributed by atoms with Gasteiger partial charge in [0.25, 0.3) is 0 Å². The summed E-state index contributed by atoms with van der Waals surface area (Å²) in [5, 5.41) is 0. The van der Waals surface area contributed by atoms with E-state index < -0.39 is 0 Å². The number of unbranched alkanes of at least 4 members (excludes halogenated alkanes) is 1. The highest BCUT2D eigenvalue weighted by molar-refractivity contribution is 4.42. The Hall–Kier alpha value is 0. The van der Waals surface area contributed by atoms with E-state index in [0.29, 0.717) is 0 Å². The van der Waals surface area contributed by atoms with Crippen molar-refractivity contribution in [2.45, 2.75) is 88.0 Å². The fourth-order valence-electron chi connectivity index (χ4n) is 0.612.